The molecule has 94 valence electrons. The number of ether oxygens (including phenoxy) is 1. The highest BCUT2D eigenvalue weighted by Crippen LogP contribution is 2.15. The Morgan fingerprint density at radius 3 is 2.00 bits per heavy atom. The Balaban J connectivity index is 1.99. The molecule has 2 aromatic carbocycles. The standard InChI is InChI=1S/C15H15FO2/c16-14-5-1-12(2-6-14)11-13-3-7-15(8-4-13)18-10-9-17/h1-8,17H,9-11H2. The molecule has 0 fully saturated rings. The highest BCUT2D eigenvalue weighted by molar-refractivity contribution is 5.31. The lowest BCUT2D eigenvalue weighted by molar-refractivity contribution is 0.201. The highest BCUT2D eigenvalue weighted by Gasteiger charge is 1.98. The van der Waals surface area contributed by atoms with Crippen molar-refractivity contribution < 1.29 is 14.2 Å². The van der Waals surface area contributed by atoms with Crippen LogP contribution in [-0.2, 0) is 6.42 Å². The molecule has 18 heavy (non-hydrogen) atoms. The summed E-state index contributed by atoms with van der Waals surface area (Å²) in [7, 11) is 0. The van der Waals surface area contributed by atoms with E-state index in [1.807, 2.05) is 24.3 Å². The molecule has 0 aliphatic carbocycles. The number of aliphatic hydroxyl groups is 1. The van der Waals surface area contributed by atoms with Crippen LogP contribution in [0, 0.1) is 5.82 Å². The zero-order chi connectivity index (χ0) is 12.8. The molecule has 0 unspecified atom stereocenters. The first-order valence-electron chi connectivity index (χ1n) is 5.85. The maximum atomic E-state index is 12.8. The molecule has 0 atom stereocenters. The molecule has 0 aliphatic rings. The molecule has 0 spiro atoms. The summed E-state index contributed by atoms with van der Waals surface area (Å²) in [6.07, 6.45) is 0.764. The lowest BCUT2D eigenvalue weighted by atomic mass is 10.1. The van der Waals surface area contributed by atoms with Crippen LogP contribution in [0.3, 0.4) is 0 Å². The van der Waals surface area contributed by atoms with Crippen LogP contribution in [0.2, 0.25) is 0 Å². The molecule has 0 aromatic heterocycles. The fourth-order valence-corrected chi connectivity index (χ4v) is 1.70. The Labute approximate surface area is 106 Å². The average Bonchev–Trinajstić information content (AvgIpc) is 2.41. The van der Waals surface area contributed by atoms with Crippen molar-refractivity contribution in [1.82, 2.24) is 0 Å². The molecule has 0 amide bonds. The summed E-state index contributed by atoms with van der Waals surface area (Å²) in [5, 5.41) is 8.64. The molecule has 3 heteroatoms. The van der Waals surface area contributed by atoms with Crippen molar-refractivity contribution in [2.75, 3.05) is 13.2 Å². The lowest BCUT2D eigenvalue weighted by Gasteiger charge is -2.06. The van der Waals surface area contributed by atoms with Gasteiger partial charge in [-0.1, -0.05) is 24.3 Å². The van der Waals surface area contributed by atoms with Gasteiger partial charge in [0.05, 0.1) is 6.61 Å². The van der Waals surface area contributed by atoms with E-state index in [2.05, 4.69) is 0 Å². The smallest absolute Gasteiger partial charge is 0.123 e. The van der Waals surface area contributed by atoms with Gasteiger partial charge in [-0.05, 0) is 41.8 Å². The minimum absolute atomic E-state index is 0.0112. The minimum Gasteiger partial charge on any atom is -0.491 e. The summed E-state index contributed by atoms with van der Waals surface area (Å²) < 4.78 is 18.0. The van der Waals surface area contributed by atoms with Crippen molar-refractivity contribution in [2.45, 2.75) is 6.42 Å². The highest BCUT2D eigenvalue weighted by atomic mass is 19.1. The molecule has 0 saturated heterocycles. The van der Waals surface area contributed by atoms with Crippen LogP contribution >= 0.6 is 0 Å². The minimum atomic E-state index is -0.216. The van der Waals surface area contributed by atoms with Crippen LogP contribution in [0.4, 0.5) is 4.39 Å². The maximum absolute atomic E-state index is 12.8. The van der Waals surface area contributed by atoms with Crippen LogP contribution in [-0.4, -0.2) is 18.3 Å². The maximum Gasteiger partial charge on any atom is 0.123 e. The van der Waals surface area contributed by atoms with Gasteiger partial charge in [0.25, 0.3) is 0 Å². The topological polar surface area (TPSA) is 29.5 Å². The number of rotatable bonds is 5. The van der Waals surface area contributed by atoms with Gasteiger partial charge in [0.2, 0.25) is 0 Å². The van der Waals surface area contributed by atoms with Gasteiger partial charge in [0, 0.05) is 0 Å². The lowest BCUT2D eigenvalue weighted by Crippen LogP contribution is -2.01. The fraction of sp³-hybridized carbons (Fsp3) is 0.200. The van der Waals surface area contributed by atoms with E-state index in [0.29, 0.717) is 6.61 Å². The van der Waals surface area contributed by atoms with Crippen LogP contribution in [0.1, 0.15) is 11.1 Å². The number of benzene rings is 2. The first-order valence-corrected chi connectivity index (χ1v) is 5.85. The summed E-state index contributed by atoms with van der Waals surface area (Å²) in [4.78, 5) is 0. The molecule has 0 bridgehead atoms. The van der Waals surface area contributed by atoms with Crippen molar-refractivity contribution >= 4 is 0 Å². The van der Waals surface area contributed by atoms with E-state index in [1.54, 1.807) is 12.1 Å². The molecule has 1 N–H and O–H groups in total. The summed E-state index contributed by atoms with van der Waals surface area (Å²) >= 11 is 0. The van der Waals surface area contributed by atoms with Crippen molar-refractivity contribution in [3.8, 4) is 5.75 Å². The van der Waals surface area contributed by atoms with Gasteiger partial charge >= 0.3 is 0 Å². The second kappa shape index (κ2) is 6.17. The summed E-state index contributed by atoms with van der Waals surface area (Å²) in [6.45, 7) is 0.314. The Kier molecular flexibility index (Phi) is 4.31. The van der Waals surface area contributed by atoms with E-state index in [9.17, 15) is 4.39 Å². The number of hydrogen-bond donors (Lipinski definition) is 1. The molecular formula is C15H15FO2. The third kappa shape index (κ3) is 3.57. The molecule has 0 saturated carbocycles. The molecule has 2 rings (SSSR count). The summed E-state index contributed by atoms with van der Waals surface area (Å²) in [6, 6.07) is 14.2. The number of aliphatic hydroxyl groups excluding tert-OH is 1. The van der Waals surface area contributed by atoms with Crippen molar-refractivity contribution in [1.29, 1.82) is 0 Å². The van der Waals surface area contributed by atoms with E-state index in [0.717, 1.165) is 23.3 Å². The largest absolute Gasteiger partial charge is 0.491 e. The van der Waals surface area contributed by atoms with Crippen LogP contribution in [0.5, 0.6) is 5.75 Å². The summed E-state index contributed by atoms with van der Waals surface area (Å²) in [5.74, 6) is 0.526. The Morgan fingerprint density at radius 2 is 1.44 bits per heavy atom. The van der Waals surface area contributed by atoms with Crippen molar-refractivity contribution in [3.63, 3.8) is 0 Å². The molecule has 0 radical (unpaired) electrons. The third-order valence-electron chi connectivity index (χ3n) is 2.60. The van der Waals surface area contributed by atoms with Gasteiger partial charge < -0.3 is 9.84 Å². The van der Waals surface area contributed by atoms with Gasteiger partial charge in [-0.3, -0.25) is 0 Å². The van der Waals surface area contributed by atoms with Gasteiger partial charge in [-0.2, -0.15) is 0 Å². The first-order chi connectivity index (χ1) is 8.78. The van der Waals surface area contributed by atoms with Gasteiger partial charge in [-0.15, -0.1) is 0 Å². The average molecular weight is 246 g/mol. The Morgan fingerprint density at radius 1 is 0.889 bits per heavy atom. The summed E-state index contributed by atoms with van der Waals surface area (Å²) in [5.41, 5.74) is 2.21. The monoisotopic (exact) mass is 246 g/mol. The number of halogens is 1. The van der Waals surface area contributed by atoms with E-state index in [4.69, 9.17) is 9.84 Å². The van der Waals surface area contributed by atoms with Crippen LogP contribution in [0.25, 0.3) is 0 Å². The van der Waals surface area contributed by atoms with Crippen molar-refractivity contribution in [2.24, 2.45) is 0 Å². The zero-order valence-electron chi connectivity index (χ0n) is 9.97. The molecule has 0 heterocycles. The Hall–Kier alpha value is -1.87. The van der Waals surface area contributed by atoms with Crippen molar-refractivity contribution in [3.05, 3.63) is 65.5 Å². The number of hydrogen-bond acceptors (Lipinski definition) is 2. The van der Waals surface area contributed by atoms with E-state index < -0.39 is 0 Å². The normalized spacial score (nSPS) is 10.3. The SMILES string of the molecule is OCCOc1ccc(Cc2ccc(F)cc2)cc1. The molecule has 2 nitrogen and oxygen atoms in total. The van der Waals surface area contributed by atoms with Gasteiger partial charge in [0.1, 0.15) is 18.2 Å². The van der Waals surface area contributed by atoms with Crippen LogP contribution in [0.15, 0.2) is 48.5 Å². The molecule has 2 aromatic rings. The zero-order valence-corrected chi connectivity index (χ0v) is 9.97. The predicted molar refractivity (Wildman–Crippen MR) is 68.2 cm³/mol. The quantitative estimate of drug-likeness (QED) is 0.879. The van der Waals surface area contributed by atoms with E-state index in [-0.39, 0.29) is 12.4 Å². The van der Waals surface area contributed by atoms with Gasteiger partial charge in [-0.25, -0.2) is 4.39 Å². The van der Waals surface area contributed by atoms with Gasteiger partial charge in [0.15, 0.2) is 0 Å². The molecule has 0 aliphatic heterocycles. The van der Waals surface area contributed by atoms with E-state index in [1.165, 1.54) is 12.1 Å². The fourth-order valence-electron chi connectivity index (χ4n) is 1.70. The Bertz CT molecular complexity index is 477. The predicted octanol–water partition coefficient (Wildman–Crippen LogP) is 2.79. The first kappa shape index (κ1) is 12.6. The second-order valence-corrected chi connectivity index (χ2v) is 4.02. The van der Waals surface area contributed by atoms with E-state index >= 15 is 0 Å². The third-order valence-corrected chi connectivity index (χ3v) is 2.60. The molecular weight excluding hydrogens is 231 g/mol. The van der Waals surface area contributed by atoms with Crippen LogP contribution < -0.4 is 4.74 Å². The second-order valence-electron chi connectivity index (χ2n) is 4.02.